The van der Waals surface area contributed by atoms with Crippen molar-refractivity contribution in [3.8, 4) is 0 Å². The van der Waals surface area contributed by atoms with Crippen molar-refractivity contribution in [3.05, 3.63) is 30.5 Å². The molecule has 0 spiro atoms. The highest BCUT2D eigenvalue weighted by Gasteiger charge is 2.16. The Morgan fingerprint density at radius 1 is 1.11 bits per heavy atom. The van der Waals surface area contributed by atoms with E-state index in [-0.39, 0.29) is 0 Å². The van der Waals surface area contributed by atoms with Crippen molar-refractivity contribution >= 4 is 22.3 Å². The average Bonchev–Trinajstić information content (AvgIpc) is 2.40. The molecule has 0 unspecified atom stereocenters. The summed E-state index contributed by atoms with van der Waals surface area (Å²) < 4.78 is 0. The van der Waals surface area contributed by atoms with E-state index in [4.69, 9.17) is 5.73 Å². The van der Waals surface area contributed by atoms with Gasteiger partial charge in [0.15, 0.2) is 0 Å². The van der Waals surface area contributed by atoms with Crippen LogP contribution >= 0.6 is 0 Å². The van der Waals surface area contributed by atoms with Crippen molar-refractivity contribution in [3.63, 3.8) is 0 Å². The molecular formula is C14H18N4. The van der Waals surface area contributed by atoms with Crippen LogP contribution in [0.15, 0.2) is 30.5 Å². The van der Waals surface area contributed by atoms with Gasteiger partial charge in [0.1, 0.15) is 0 Å². The molecule has 0 atom stereocenters. The van der Waals surface area contributed by atoms with Crippen LogP contribution in [0.2, 0.25) is 0 Å². The largest absolute Gasteiger partial charge is 0.397 e. The molecule has 1 aromatic heterocycles. The number of hydrogen-bond acceptors (Lipinski definition) is 4. The molecule has 2 N–H and O–H groups in total. The number of anilines is 2. The molecule has 0 bridgehead atoms. The van der Waals surface area contributed by atoms with Gasteiger partial charge in [-0.1, -0.05) is 12.1 Å². The Kier molecular flexibility index (Phi) is 2.80. The first-order chi connectivity index (χ1) is 8.75. The topological polar surface area (TPSA) is 45.4 Å². The minimum atomic E-state index is 0.753. The van der Waals surface area contributed by atoms with E-state index in [1.54, 1.807) is 0 Å². The lowest BCUT2D eigenvalue weighted by Gasteiger charge is -2.34. The number of fused-ring (bicyclic) bond motifs is 1. The minimum absolute atomic E-state index is 0.753. The number of rotatable bonds is 1. The Balaban J connectivity index is 2.04. The average molecular weight is 242 g/mol. The molecule has 0 aliphatic carbocycles. The third-order valence-electron chi connectivity index (χ3n) is 3.62. The highest BCUT2D eigenvalue weighted by atomic mass is 15.2. The number of nitrogens with two attached hydrogens (primary N) is 1. The molecule has 1 saturated heterocycles. The molecule has 0 saturated carbocycles. The van der Waals surface area contributed by atoms with E-state index in [1.807, 2.05) is 18.3 Å². The summed E-state index contributed by atoms with van der Waals surface area (Å²) in [6.07, 6.45) is 1.85. The monoisotopic (exact) mass is 242 g/mol. The second kappa shape index (κ2) is 4.46. The summed E-state index contributed by atoms with van der Waals surface area (Å²) in [7, 11) is 2.17. The first-order valence-corrected chi connectivity index (χ1v) is 6.32. The predicted octanol–water partition coefficient (Wildman–Crippen LogP) is 1.57. The number of likely N-dealkylation sites (N-methyl/N-ethyl adjacent to an activating group) is 1. The second-order valence-corrected chi connectivity index (χ2v) is 4.86. The molecule has 4 heteroatoms. The van der Waals surface area contributed by atoms with Crippen LogP contribution in [0.1, 0.15) is 0 Å². The SMILES string of the molecule is CN1CCN(c2ccnc3c(N)cccc23)CC1. The molecule has 1 fully saturated rings. The van der Waals surface area contributed by atoms with Crippen LogP contribution in [0, 0.1) is 0 Å². The Bertz CT molecular complexity index is 559. The number of hydrogen-bond donors (Lipinski definition) is 1. The van der Waals surface area contributed by atoms with E-state index in [2.05, 4.69) is 34.0 Å². The Morgan fingerprint density at radius 2 is 1.89 bits per heavy atom. The molecule has 3 rings (SSSR count). The molecule has 18 heavy (non-hydrogen) atoms. The molecule has 94 valence electrons. The van der Waals surface area contributed by atoms with Crippen molar-refractivity contribution in [2.45, 2.75) is 0 Å². The summed E-state index contributed by atoms with van der Waals surface area (Å²) in [5.41, 5.74) is 8.90. The van der Waals surface area contributed by atoms with Gasteiger partial charge in [0.05, 0.1) is 11.2 Å². The van der Waals surface area contributed by atoms with Crippen molar-refractivity contribution in [2.75, 3.05) is 43.9 Å². The van der Waals surface area contributed by atoms with Gasteiger partial charge in [-0.25, -0.2) is 0 Å². The standard InChI is InChI=1S/C14H18N4/c1-17-7-9-18(10-8-17)13-5-6-16-14-11(13)3-2-4-12(14)15/h2-6H,7-10,15H2,1H3. The van der Waals surface area contributed by atoms with E-state index in [9.17, 15) is 0 Å². The summed E-state index contributed by atoms with van der Waals surface area (Å²) in [4.78, 5) is 9.16. The van der Waals surface area contributed by atoms with Gasteiger partial charge in [-0.05, 0) is 19.2 Å². The quantitative estimate of drug-likeness (QED) is 0.771. The van der Waals surface area contributed by atoms with Crippen molar-refractivity contribution in [1.82, 2.24) is 9.88 Å². The summed E-state index contributed by atoms with van der Waals surface area (Å²) in [6, 6.07) is 8.10. The third-order valence-corrected chi connectivity index (χ3v) is 3.62. The number of piperazine rings is 1. The fourth-order valence-electron chi connectivity index (χ4n) is 2.51. The Hall–Kier alpha value is -1.81. The first kappa shape index (κ1) is 11.3. The van der Waals surface area contributed by atoms with E-state index < -0.39 is 0 Å². The maximum absolute atomic E-state index is 5.99. The zero-order valence-electron chi connectivity index (χ0n) is 10.6. The maximum Gasteiger partial charge on any atom is 0.0951 e. The van der Waals surface area contributed by atoms with Gasteiger partial charge < -0.3 is 15.5 Å². The lowest BCUT2D eigenvalue weighted by Crippen LogP contribution is -2.44. The van der Waals surface area contributed by atoms with Crippen molar-refractivity contribution in [2.24, 2.45) is 0 Å². The second-order valence-electron chi connectivity index (χ2n) is 4.86. The zero-order valence-corrected chi connectivity index (χ0v) is 10.6. The van der Waals surface area contributed by atoms with Gasteiger partial charge in [0.2, 0.25) is 0 Å². The normalized spacial score (nSPS) is 17.3. The lowest BCUT2D eigenvalue weighted by molar-refractivity contribution is 0.313. The van der Waals surface area contributed by atoms with Gasteiger partial charge in [-0.2, -0.15) is 0 Å². The summed E-state index contributed by atoms with van der Waals surface area (Å²) in [5.74, 6) is 0. The van der Waals surface area contributed by atoms with Gasteiger partial charge in [0.25, 0.3) is 0 Å². The number of para-hydroxylation sites is 1. The summed E-state index contributed by atoms with van der Waals surface area (Å²) in [6.45, 7) is 4.33. The fraction of sp³-hybridized carbons (Fsp3) is 0.357. The zero-order chi connectivity index (χ0) is 12.5. The van der Waals surface area contributed by atoms with Crippen LogP contribution in [0.3, 0.4) is 0 Å². The van der Waals surface area contributed by atoms with Crippen molar-refractivity contribution in [1.29, 1.82) is 0 Å². The number of pyridine rings is 1. The first-order valence-electron chi connectivity index (χ1n) is 6.32. The molecule has 1 aliphatic rings. The van der Waals surface area contributed by atoms with Crippen LogP contribution in [0.5, 0.6) is 0 Å². The van der Waals surface area contributed by atoms with Gasteiger partial charge in [0, 0.05) is 43.4 Å². The number of nitrogens with zero attached hydrogens (tertiary/aromatic N) is 3. The Morgan fingerprint density at radius 3 is 2.67 bits per heavy atom. The van der Waals surface area contributed by atoms with Gasteiger partial charge >= 0.3 is 0 Å². The lowest BCUT2D eigenvalue weighted by atomic mass is 10.1. The summed E-state index contributed by atoms with van der Waals surface area (Å²) in [5, 5.41) is 1.15. The highest BCUT2D eigenvalue weighted by molar-refractivity contribution is 5.98. The maximum atomic E-state index is 5.99. The molecule has 2 heterocycles. The Labute approximate surface area is 107 Å². The number of aromatic nitrogens is 1. The number of nitrogen functional groups attached to an aromatic ring is 1. The minimum Gasteiger partial charge on any atom is -0.397 e. The van der Waals surface area contributed by atoms with Gasteiger partial charge in [-0.15, -0.1) is 0 Å². The number of benzene rings is 1. The molecule has 0 amide bonds. The summed E-state index contributed by atoms with van der Waals surface area (Å²) >= 11 is 0. The van der Waals surface area contributed by atoms with Gasteiger partial charge in [-0.3, -0.25) is 4.98 Å². The van der Waals surface area contributed by atoms with E-state index in [0.29, 0.717) is 0 Å². The molecular weight excluding hydrogens is 224 g/mol. The third kappa shape index (κ3) is 1.88. The van der Waals surface area contributed by atoms with Crippen LogP contribution < -0.4 is 10.6 Å². The van der Waals surface area contributed by atoms with Crippen LogP contribution in [0.25, 0.3) is 10.9 Å². The van der Waals surface area contributed by atoms with Crippen LogP contribution in [0.4, 0.5) is 11.4 Å². The van der Waals surface area contributed by atoms with E-state index >= 15 is 0 Å². The van der Waals surface area contributed by atoms with Crippen LogP contribution in [-0.4, -0.2) is 43.1 Å². The van der Waals surface area contributed by atoms with E-state index in [1.165, 1.54) is 5.69 Å². The molecule has 1 aromatic carbocycles. The molecule has 1 aliphatic heterocycles. The highest BCUT2D eigenvalue weighted by Crippen LogP contribution is 2.28. The van der Waals surface area contributed by atoms with E-state index in [0.717, 1.165) is 42.8 Å². The predicted molar refractivity (Wildman–Crippen MR) is 75.9 cm³/mol. The van der Waals surface area contributed by atoms with Crippen LogP contribution in [-0.2, 0) is 0 Å². The fourth-order valence-corrected chi connectivity index (χ4v) is 2.51. The molecule has 4 nitrogen and oxygen atoms in total. The molecule has 2 aromatic rings. The molecule has 0 radical (unpaired) electrons. The smallest absolute Gasteiger partial charge is 0.0951 e. The van der Waals surface area contributed by atoms with Crippen molar-refractivity contribution < 1.29 is 0 Å².